The first-order valence-electron chi connectivity index (χ1n) is 10.9. The fourth-order valence-electron chi connectivity index (χ4n) is 3.78. The average molecular weight is 458 g/mol. The second-order valence-electron chi connectivity index (χ2n) is 8.30. The van der Waals surface area contributed by atoms with Gasteiger partial charge in [0.25, 0.3) is 5.91 Å². The molecule has 0 radical (unpaired) electrons. The van der Waals surface area contributed by atoms with Crippen molar-refractivity contribution in [1.82, 2.24) is 9.21 Å². The van der Waals surface area contributed by atoms with Crippen molar-refractivity contribution in [2.45, 2.75) is 44.4 Å². The lowest BCUT2D eigenvalue weighted by Crippen LogP contribution is -2.35. The van der Waals surface area contributed by atoms with E-state index in [1.54, 1.807) is 7.05 Å². The molecule has 3 rings (SSSR count). The highest BCUT2D eigenvalue weighted by Crippen LogP contribution is 2.21. The van der Waals surface area contributed by atoms with E-state index in [4.69, 9.17) is 0 Å². The third-order valence-corrected chi connectivity index (χ3v) is 7.82. The van der Waals surface area contributed by atoms with Gasteiger partial charge in [0, 0.05) is 31.4 Å². The van der Waals surface area contributed by atoms with E-state index < -0.39 is 10.0 Å². The van der Waals surface area contributed by atoms with E-state index in [0.717, 1.165) is 42.5 Å². The zero-order valence-electron chi connectivity index (χ0n) is 18.9. The number of hydrogen-bond acceptors (Lipinski definition) is 4. The van der Waals surface area contributed by atoms with E-state index >= 15 is 0 Å². The predicted octanol–water partition coefficient (Wildman–Crippen LogP) is 3.58. The first kappa shape index (κ1) is 23.9. The SMILES string of the molecule is Cc1cccc(NC(=O)CN(C)C(=O)c2ccc(S(=O)(=O)N3CCCCCC3)cc2)c1C. The van der Waals surface area contributed by atoms with Crippen LogP contribution in [0.4, 0.5) is 5.69 Å². The highest BCUT2D eigenvalue weighted by Gasteiger charge is 2.25. The molecule has 1 N–H and O–H groups in total. The molecule has 0 unspecified atom stereocenters. The van der Waals surface area contributed by atoms with Crippen molar-refractivity contribution in [3.63, 3.8) is 0 Å². The van der Waals surface area contributed by atoms with Crippen molar-refractivity contribution in [1.29, 1.82) is 0 Å². The van der Waals surface area contributed by atoms with Gasteiger partial charge in [0.05, 0.1) is 11.4 Å². The number of sulfonamides is 1. The van der Waals surface area contributed by atoms with Crippen molar-refractivity contribution < 1.29 is 18.0 Å². The van der Waals surface area contributed by atoms with Gasteiger partial charge in [0.15, 0.2) is 0 Å². The number of aryl methyl sites for hydroxylation is 1. The Labute approximate surface area is 190 Å². The Morgan fingerprint density at radius 2 is 1.59 bits per heavy atom. The molecule has 2 aromatic carbocycles. The van der Waals surface area contributed by atoms with Gasteiger partial charge in [-0.25, -0.2) is 8.42 Å². The van der Waals surface area contributed by atoms with Gasteiger partial charge in [-0.15, -0.1) is 0 Å². The minimum atomic E-state index is -3.57. The van der Waals surface area contributed by atoms with Crippen molar-refractivity contribution in [2.75, 3.05) is 32.0 Å². The minimum absolute atomic E-state index is 0.111. The number of nitrogens with zero attached hydrogens (tertiary/aromatic N) is 2. The molecule has 0 aliphatic carbocycles. The minimum Gasteiger partial charge on any atom is -0.332 e. The van der Waals surface area contributed by atoms with Crippen LogP contribution in [0.2, 0.25) is 0 Å². The number of anilines is 1. The first-order chi connectivity index (χ1) is 15.2. The molecule has 0 atom stereocenters. The van der Waals surface area contributed by atoms with Gasteiger partial charge in [-0.05, 0) is 68.1 Å². The number of amides is 2. The third kappa shape index (κ3) is 5.55. The summed E-state index contributed by atoms with van der Waals surface area (Å²) < 4.78 is 27.3. The average Bonchev–Trinajstić information content (AvgIpc) is 3.06. The van der Waals surface area contributed by atoms with E-state index in [-0.39, 0.29) is 23.3 Å². The van der Waals surface area contributed by atoms with Crippen LogP contribution in [-0.4, -0.2) is 56.1 Å². The maximum absolute atomic E-state index is 12.9. The van der Waals surface area contributed by atoms with Crippen molar-refractivity contribution in [3.8, 4) is 0 Å². The second-order valence-corrected chi connectivity index (χ2v) is 10.2. The zero-order valence-corrected chi connectivity index (χ0v) is 19.7. The van der Waals surface area contributed by atoms with Crippen LogP contribution in [0.5, 0.6) is 0 Å². The lowest BCUT2D eigenvalue weighted by molar-refractivity contribution is -0.116. The van der Waals surface area contributed by atoms with Crippen LogP contribution in [0.1, 0.15) is 47.2 Å². The van der Waals surface area contributed by atoms with Crippen LogP contribution < -0.4 is 5.32 Å². The number of hydrogen-bond donors (Lipinski definition) is 1. The standard InChI is InChI=1S/C24H31N3O4S/c1-18-9-8-10-22(19(18)2)25-23(28)17-26(3)24(29)20-11-13-21(14-12-20)32(30,31)27-15-6-4-5-7-16-27/h8-14H,4-7,15-17H2,1-3H3,(H,25,28). The summed E-state index contributed by atoms with van der Waals surface area (Å²) in [6, 6.07) is 11.6. The molecule has 1 fully saturated rings. The van der Waals surface area contributed by atoms with Gasteiger partial charge in [-0.2, -0.15) is 4.31 Å². The molecule has 8 heteroatoms. The largest absolute Gasteiger partial charge is 0.332 e. The normalized spacial score (nSPS) is 15.1. The summed E-state index contributed by atoms with van der Waals surface area (Å²) in [5.74, 6) is -0.644. The number of nitrogens with one attached hydrogen (secondary N) is 1. The molecule has 0 spiro atoms. The summed E-state index contributed by atoms with van der Waals surface area (Å²) in [6.45, 7) is 4.85. The molecule has 1 saturated heterocycles. The molecule has 7 nitrogen and oxygen atoms in total. The molecule has 2 aromatic rings. The molecular formula is C24H31N3O4S. The predicted molar refractivity (Wildman–Crippen MR) is 125 cm³/mol. The third-order valence-electron chi connectivity index (χ3n) is 5.91. The number of rotatable bonds is 6. The van der Waals surface area contributed by atoms with Crippen LogP contribution in [0, 0.1) is 13.8 Å². The monoisotopic (exact) mass is 457 g/mol. The lowest BCUT2D eigenvalue weighted by Gasteiger charge is -2.20. The zero-order chi connectivity index (χ0) is 23.3. The summed E-state index contributed by atoms with van der Waals surface area (Å²) in [7, 11) is -2.02. The summed E-state index contributed by atoms with van der Waals surface area (Å²) >= 11 is 0. The quantitative estimate of drug-likeness (QED) is 0.718. The summed E-state index contributed by atoms with van der Waals surface area (Å²) in [5.41, 5.74) is 3.11. The molecule has 32 heavy (non-hydrogen) atoms. The van der Waals surface area contributed by atoms with Gasteiger partial charge < -0.3 is 10.2 Å². The van der Waals surface area contributed by atoms with E-state index in [1.807, 2.05) is 32.0 Å². The molecule has 1 heterocycles. The van der Waals surface area contributed by atoms with E-state index in [2.05, 4.69) is 5.32 Å². The van der Waals surface area contributed by atoms with Crippen molar-refractivity contribution in [3.05, 3.63) is 59.2 Å². The number of likely N-dealkylation sites (N-methyl/N-ethyl adjacent to an activating group) is 1. The lowest BCUT2D eigenvalue weighted by atomic mass is 10.1. The number of benzene rings is 2. The molecule has 1 aliphatic heterocycles. The highest BCUT2D eigenvalue weighted by atomic mass is 32.2. The van der Waals surface area contributed by atoms with Crippen LogP contribution in [0.15, 0.2) is 47.4 Å². The van der Waals surface area contributed by atoms with Gasteiger partial charge in [0.2, 0.25) is 15.9 Å². The van der Waals surface area contributed by atoms with Gasteiger partial charge in [-0.3, -0.25) is 9.59 Å². The van der Waals surface area contributed by atoms with E-state index in [9.17, 15) is 18.0 Å². The Kier molecular flexibility index (Phi) is 7.69. The topological polar surface area (TPSA) is 86.8 Å². The van der Waals surface area contributed by atoms with Gasteiger partial charge >= 0.3 is 0 Å². The first-order valence-corrected chi connectivity index (χ1v) is 12.4. The maximum Gasteiger partial charge on any atom is 0.254 e. The van der Waals surface area contributed by atoms with Crippen LogP contribution in [-0.2, 0) is 14.8 Å². The van der Waals surface area contributed by atoms with E-state index in [1.165, 1.54) is 33.5 Å². The number of carbonyl (C=O) groups is 2. The summed E-state index contributed by atoms with van der Waals surface area (Å²) in [5, 5.41) is 2.84. The Morgan fingerprint density at radius 1 is 0.969 bits per heavy atom. The Morgan fingerprint density at radius 3 is 2.22 bits per heavy atom. The van der Waals surface area contributed by atoms with Crippen LogP contribution >= 0.6 is 0 Å². The second kappa shape index (κ2) is 10.3. The van der Waals surface area contributed by atoms with Crippen molar-refractivity contribution in [2.24, 2.45) is 0 Å². The molecule has 0 bridgehead atoms. The Bertz CT molecular complexity index is 1070. The Hall–Kier alpha value is -2.71. The van der Waals surface area contributed by atoms with Crippen LogP contribution in [0.3, 0.4) is 0 Å². The smallest absolute Gasteiger partial charge is 0.254 e. The molecule has 0 aromatic heterocycles. The molecule has 2 amide bonds. The highest BCUT2D eigenvalue weighted by molar-refractivity contribution is 7.89. The van der Waals surface area contributed by atoms with Gasteiger partial charge in [0.1, 0.15) is 0 Å². The maximum atomic E-state index is 12.9. The molecule has 172 valence electrons. The van der Waals surface area contributed by atoms with Crippen LogP contribution in [0.25, 0.3) is 0 Å². The summed E-state index contributed by atoms with van der Waals surface area (Å²) in [6.07, 6.45) is 3.82. The molecule has 0 saturated carbocycles. The fraction of sp³-hybridized carbons (Fsp3) is 0.417. The van der Waals surface area contributed by atoms with Crippen molar-refractivity contribution >= 4 is 27.5 Å². The van der Waals surface area contributed by atoms with Gasteiger partial charge in [-0.1, -0.05) is 25.0 Å². The molecular weight excluding hydrogens is 426 g/mol. The number of carbonyl (C=O) groups excluding carboxylic acids is 2. The fourth-order valence-corrected chi connectivity index (χ4v) is 5.30. The van der Waals surface area contributed by atoms with E-state index in [0.29, 0.717) is 18.7 Å². The summed E-state index contributed by atoms with van der Waals surface area (Å²) in [4.78, 5) is 26.7. The molecule has 1 aliphatic rings. The Balaban J connectivity index is 1.64.